The molecule has 3 heteroatoms. The predicted octanol–water partition coefficient (Wildman–Crippen LogP) is 7.76. The number of rotatable bonds is 6. The van der Waals surface area contributed by atoms with Gasteiger partial charge in [0.05, 0.1) is 6.26 Å². The Morgan fingerprint density at radius 1 is 0.926 bits per heavy atom. The van der Waals surface area contributed by atoms with Crippen LogP contribution < -0.4 is 4.74 Å². The Kier molecular flexibility index (Phi) is 7.32. The van der Waals surface area contributed by atoms with Crippen LogP contribution in [0.25, 0.3) is 0 Å². The molecule has 0 spiro atoms. The van der Waals surface area contributed by atoms with Gasteiger partial charge in [0.15, 0.2) is 11.6 Å². The van der Waals surface area contributed by atoms with Crippen molar-refractivity contribution in [2.45, 2.75) is 84.0 Å². The van der Waals surface area contributed by atoms with Gasteiger partial charge >= 0.3 is 0 Å². The minimum atomic E-state index is -0.859. The maximum Gasteiger partial charge on any atom is 0.201 e. The zero-order chi connectivity index (χ0) is 19.2. The fourth-order valence-corrected chi connectivity index (χ4v) is 5.35. The van der Waals surface area contributed by atoms with Crippen LogP contribution >= 0.6 is 0 Å². The highest BCUT2D eigenvalue weighted by molar-refractivity contribution is 5.33. The van der Waals surface area contributed by atoms with Crippen LogP contribution in [0.3, 0.4) is 0 Å². The van der Waals surface area contributed by atoms with Crippen LogP contribution in [-0.2, 0) is 0 Å². The first kappa shape index (κ1) is 20.4. The molecular formula is C24H34F2O. The molecule has 2 fully saturated rings. The maximum atomic E-state index is 14.6. The summed E-state index contributed by atoms with van der Waals surface area (Å²) in [6.07, 6.45) is 15.5. The first-order valence-electron chi connectivity index (χ1n) is 10.9. The van der Waals surface area contributed by atoms with Crippen molar-refractivity contribution in [1.82, 2.24) is 0 Å². The summed E-state index contributed by atoms with van der Waals surface area (Å²) in [6.45, 7) is 4.06. The molecule has 0 N–H and O–H groups in total. The predicted molar refractivity (Wildman–Crippen MR) is 107 cm³/mol. The van der Waals surface area contributed by atoms with E-state index in [2.05, 4.69) is 6.92 Å². The zero-order valence-electron chi connectivity index (χ0n) is 16.9. The molecule has 0 atom stereocenters. The van der Waals surface area contributed by atoms with E-state index >= 15 is 0 Å². The van der Waals surface area contributed by atoms with E-state index in [-0.39, 0.29) is 11.7 Å². The quantitative estimate of drug-likeness (QED) is 0.461. The van der Waals surface area contributed by atoms with Gasteiger partial charge in [0.1, 0.15) is 0 Å². The van der Waals surface area contributed by atoms with Gasteiger partial charge in [0, 0.05) is 0 Å². The number of hydrogen-bond donors (Lipinski definition) is 0. The SMILES string of the molecule is C/C=C\Oc1ccc(C2CCC(C3CCC(CCC)CC3)CC2)c(F)c1F. The lowest BCUT2D eigenvalue weighted by atomic mass is 9.68. The van der Waals surface area contributed by atoms with Gasteiger partial charge in [0.25, 0.3) is 0 Å². The van der Waals surface area contributed by atoms with Crippen molar-refractivity contribution in [3.8, 4) is 5.75 Å². The maximum absolute atomic E-state index is 14.6. The number of halogens is 2. The molecule has 2 aliphatic carbocycles. The van der Waals surface area contributed by atoms with Gasteiger partial charge in [0.2, 0.25) is 5.82 Å². The molecule has 0 unspecified atom stereocenters. The molecule has 2 aliphatic rings. The average Bonchev–Trinajstić information content (AvgIpc) is 2.70. The smallest absolute Gasteiger partial charge is 0.201 e. The Morgan fingerprint density at radius 2 is 1.56 bits per heavy atom. The highest BCUT2D eigenvalue weighted by atomic mass is 19.2. The lowest BCUT2D eigenvalue weighted by molar-refractivity contribution is 0.156. The van der Waals surface area contributed by atoms with Crippen LogP contribution in [0.5, 0.6) is 5.75 Å². The second-order valence-electron chi connectivity index (χ2n) is 8.55. The van der Waals surface area contributed by atoms with E-state index < -0.39 is 11.6 Å². The number of hydrogen-bond acceptors (Lipinski definition) is 1. The van der Waals surface area contributed by atoms with E-state index in [0.717, 1.165) is 43.4 Å². The summed E-state index contributed by atoms with van der Waals surface area (Å²) in [5, 5.41) is 0. The third kappa shape index (κ3) is 4.92. The van der Waals surface area contributed by atoms with Gasteiger partial charge in [-0.25, -0.2) is 4.39 Å². The van der Waals surface area contributed by atoms with Crippen molar-refractivity contribution in [3.05, 3.63) is 41.7 Å². The molecule has 3 rings (SSSR count). The average molecular weight is 377 g/mol. The van der Waals surface area contributed by atoms with E-state index in [4.69, 9.17) is 4.74 Å². The summed E-state index contributed by atoms with van der Waals surface area (Å²) in [7, 11) is 0. The second kappa shape index (κ2) is 9.71. The zero-order valence-corrected chi connectivity index (χ0v) is 16.9. The molecule has 1 aromatic rings. The van der Waals surface area contributed by atoms with Crippen molar-refractivity contribution in [3.63, 3.8) is 0 Å². The van der Waals surface area contributed by atoms with E-state index in [1.807, 2.05) is 0 Å². The third-order valence-corrected chi connectivity index (χ3v) is 6.87. The Morgan fingerprint density at radius 3 is 2.15 bits per heavy atom. The van der Waals surface area contributed by atoms with Crippen molar-refractivity contribution in [1.29, 1.82) is 0 Å². The fraction of sp³-hybridized carbons (Fsp3) is 0.667. The van der Waals surface area contributed by atoms with Crippen LogP contribution in [0.15, 0.2) is 24.5 Å². The van der Waals surface area contributed by atoms with E-state index in [1.54, 1.807) is 25.1 Å². The molecule has 0 saturated heterocycles. The van der Waals surface area contributed by atoms with Crippen LogP contribution in [0, 0.1) is 29.4 Å². The Balaban J connectivity index is 1.56. The molecule has 0 heterocycles. The van der Waals surface area contributed by atoms with Crippen molar-refractivity contribution >= 4 is 0 Å². The van der Waals surface area contributed by atoms with Gasteiger partial charge in [-0.15, -0.1) is 0 Å². The van der Waals surface area contributed by atoms with Gasteiger partial charge in [-0.1, -0.05) is 44.7 Å². The molecule has 1 nitrogen and oxygen atoms in total. The lowest BCUT2D eigenvalue weighted by Gasteiger charge is -2.38. The van der Waals surface area contributed by atoms with E-state index in [9.17, 15) is 8.78 Å². The third-order valence-electron chi connectivity index (χ3n) is 6.87. The molecule has 0 radical (unpaired) electrons. The molecule has 0 aliphatic heterocycles. The number of benzene rings is 1. The number of ether oxygens (including phenoxy) is 1. The molecule has 1 aromatic carbocycles. The highest BCUT2D eigenvalue weighted by Crippen LogP contribution is 2.45. The molecule has 0 amide bonds. The molecule has 2 saturated carbocycles. The van der Waals surface area contributed by atoms with Crippen molar-refractivity contribution in [2.75, 3.05) is 0 Å². The minimum Gasteiger partial charge on any atom is -0.462 e. The summed E-state index contributed by atoms with van der Waals surface area (Å²) in [6, 6.07) is 3.28. The first-order chi connectivity index (χ1) is 13.1. The molecule has 0 aromatic heterocycles. The highest BCUT2D eigenvalue weighted by Gasteiger charge is 2.32. The molecule has 0 bridgehead atoms. The normalized spacial score (nSPS) is 29.2. The summed E-state index contributed by atoms with van der Waals surface area (Å²) in [5.74, 6) is 1.12. The van der Waals surface area contributed by atoms with Gasteiger partial charge in [-0.2, -0.15) is 4.39 Å². The number of allylic oxidation sites excluding steroid dienone is 1. The topological polar surface area (TPSA) is 9.23 Å². The Bertz CT molecular complexity index is 624. The molecular weight excluding hydrogens is 342 g/mol. The first-order valence-corrected chi connectivity index (χ1v) is 10.9. The van der Waals surface area contributed by atoms with Gasteiger partial charge in [-0.3, -0.25) is 0 Å². The van der Waals surface area contributed by atoms with Crippen LogP contribution in [-0.4, -0.2) is 0 Å². The van der Waals surface area contributed by atoms with Crippen LogP contribution in [0.2, 0.25) is 0 Å². The Hall–Kier alpha value is -1.38. The monoisotopic (exact) mass is 376 g/mol. The molecule has 150 valence electrons. The standard InChI is InChI=1S/C24H34F2O/c1-3-5-17-6-8-18(9-7-17)19-10-12-20(13-11-19)21-14-15-22(27-16-4-2)24(26)23(21)25/h4,14-20H,3,5-13H2,1-2H3/b16-4-. The summed E-state index contributed by atoms with van der Waals surface area (Å²) in [4.78, 5) is 0. The Labute approximate surface area is 163 Å². The second-order valence-corrected chi connectivity index (χ2v) is 8.55. The largest absolute Gasteiger partial charge is 0.462 e. The van der Waals surface area contributed by atoms with Crippen molar-refractivity contribution < 1.29 is 13.5 Å². The summed E-state index contributed by atoms with van der Waals surface area (Å²) in [5.41, 5.74) is 0.533. The minimum absolute atomic E-state index is 0.0353. The lowest BCUT2D eigenvalue weighted by Crippen LogP contribution is -2.25. The van der Waals surface area contributed by atoms with E-state index in [0.29, 0.717) is 5.56 Å². The van der Waals surface area contributed by atoms with E-state index in [1.165, 1.54) is 44.8 Å². The van der Waals surface area contributed by atoms with Gasteiger partial charge < -0.3 is 4.74 Å². The molecule has 27 heavy (non-hydrogen) atoms. The summed E-state index contributed by atoms with van der Waals surface area (Å²) >= 11 is 0. The van der Waals surface area contributed by atoms with Crippen molar-refractivity contribution in [2.24, 2.45) is 17.8 Å². The van der Waals surface area contributed by atoms with Gasteiger partial charge in [-0.05, 0) is 80.8 Å². The van der Waals surface area contributed by atoms with Crippen LogP contribution in [0.4, 0.5) is 8.78 Å². The fourth-order valence-electron chi connectivity index (χ4n) is 5.35. The van der Waals surface area contributed by atoms with Crippen LogP contribution in [0.1, 0.15) is 89.5 Å². The summed E-state index contributed by atoms with van der Waals surface area (Å²) < 4.78 is 34.0.